The molecule has 21 heavy (non-hydrogen) atoms. The molecule has 0 spiro atoms. The van der Waals surface area contributed by atoms with Crippen LogP contribution in [0.4, 0.5) is 0 Å². The molecule has 1 aliphatic rings. The smallest absolute Gasteiger partial charge is 0.258 e. The SMILES string of the molecule is CCC(C)(C)NC(=O)COc1cc2c(cc1CO)OCO2. The van der Waals surface area contributed by atoms with Crippen LogP contribution in [0.15, 0.2) is 12.1 Å². The predicted octanol–water partition coefficient (Wildman–Crippen LogP) is 1.59. The van der Waals surface area contributed by atoms with Gasteiger partial charge in [0.15, 0.2) is 18.1 Å². The van der Waals surface area contributed by atoms with Crippen molar-refractivity contribution < 1.29 is 24.1 Å². The second-order valence-corrected chi connectivity index (χ2v) is 5.55. The van der Waals surface area contributed by atoms with Crippen LogP contribution in [-0.2, 0) is 11.4 Å². The second kappa shape index (κ2) is 6.22. The Kier molecular flexibility index (Phi) is 4.57. The average molecular weight is 295 g/mol. The molecule has 0 unspecified atom stereocenters. The topological polar surface area (TPSA) is 77.0 Å². The quantitative estimate of drug-likeness (QED) is 0.833. The number of ether oxygens (including phenoxy) is 3. The summed E-state index contributed by atoms with van der Waals surface area (Å²) in [7, 11) is 0. The number of hydrogen-bond donors (Lipinski definition) is 2. The lowest BCUT2D eigenvalue weighted by atomic mass is 10.0. The lowest BCUT2D eigenvalue weighted by Crippen LogP contribution is -2.44. The van der Waals surface area contributed by atoms with Crippen LogP contribution in [0.2, 0.25) is 0 Å². The van der Waals surface area contributed by atoms with Crippen molar-refractivity contribution in [3.63, 3.8) is 0 Å². The fraction of sp³-hybridized carbons (Fsp3) is 0.533. The fourth-order valence-electron chi connectivity index (χ4n) is 1.87. The molecule has 6 heteroatoms. The maximum atomic E-state index is 11.9. The molecule has 1 aliphatic heterocycles. The number of benzene rings is 1. The van der Waals surface area contributed by atoms with Gasteiger partial charge >= 0.3 is 0 Å². The zero-order valence-electron chi connectivity index (χ0n) is 12.6. The van der Waals surface area contributed by atoms with Crippen LogP contribution in [0.25, 0.3) is 0 Å². The zero-order valence-corrected chi connectivity index (χ0v) is 12.6. The van der Waals surface area contributed by atoms with E-state index in [0.29, 0.717) is 22.8 Å². The molecule has 116 valence electrons. The van der Waals surface area contributed by atoms with E-state index in [1.54, 1.807) is 12.1 Å². The monoisotopic (exact) mass is 295 g/mol. The highest BCUT2D eigenvalue weighted by Gasteiger charge is 2.20. The summed E-state index contributed by atoms with van der Waals surface area (Å²) < 4.78 is 16.0. The first kappa shape index (κ1) is 15.4. The number of rotatable bonds is 6. The number of carbonyl (C=O) groups excluding carboxylic acids is 1. The van der Waals surface area contributed by atoms with Gasteiger partial charge in [-0.3, -0.25) is 4.79 Å². The summed E-state index contributed by atoms with van der Waals surface area (Å²) in [6, 6.07) is 3.29. The van der Waals surface area contributed by atoms with E-state index in [0.717, 1.165) is 6.42 Å². The molecule has 1 heterocycles. The zero-order chi connectivity index (χ0) is 15.5. The van der Waals surface area contributed by atoms with E-state index in [1.807, 2.05) is 20.8 Å². The molecule has 1 aromatic carbocycles. The molecule has 0 saturated carbocycles. The summed E-state index contributed by atoms with van der Waals surface area (Å²) in [5.74, 6) is 1.34. The van der Waals surface area contributed by atoms with Crippen LogP contribution in [0.5, 0.6) is 17.2 Å². The number of nitrogens with one attached hydrogen (secondary N) is 1. The third kappa shape index (κ3) is 3.78. The molecule has 2 rings (SSSR count). The summed E-state index contributed by atoms with van der Waals surface area (Å²) in [6.07, 6.45) is 0.824. The first-order chi connectivity index (χ1) is 9.95. The largest absolute Gasteiger partial charge is 0.483 e. The summed E-state index contributed by atoms with van der Waals surface area (Å²) in [5, 5.41) is 12.2. The van der Waals surface area contributed by atoms with E-state index < -0.39 is 0 Å². The van der Waals surface area contributed by atoms with E-state index in [4.69, 9.17) is 14.2 Å². The number of carbonyl (C=O) groups is 1. The predicted molar refractivity (Wildman–Crippen MR) is 76.5 cm³/mol. The summed E-state index contributed by atoms with van der Waals surface area (Å²) in [4.78, 5) is 11.9. The van der Waals surface area contributed by atoms with Gasteiger partial charge in [0.05, 0.1) is 6.61 Å². The van der Waals surface area contributed by atoms with E-state index in [2.05, 4.69) is 5.32 Å². The Balaban J connectivity index is 2.01. The Morgan fingerprint density at radius 3 is 2.67 bits per heavy atom. The van der Waals surface area contributed by atoms with Gasteiger partial charge < -0.3 is 24.6 Å². The minimum absolute atomic E-state index is 0.115. The molecule has 0 aliphatic carbocycles. The molecule has 0 saturated heterocycles. The molecular formula is C15H21NO5. The van der Waals surface area contributed by atoms with Crippen LogP contribution in [0, 0.1) is 0 Å². The van der Waals surface area contributed by atoms with Crippen molar-refractivity contribution in [1.29, 1.82) is 0 Å². The van der Waals surface area contributed by atoms with Crippen molar-refractivity contribution in [1.82, 2.24) is 5.32 Å². The van der Waals surface area contributed by atoms with Gasteiger partial charge in [0.2, 0.25) is 6.79 Å². The number of fused-ring (bicyclic) bond motifs is 1. The van der Waals surface area contributed by atoms with E-state index in [1.165, 1.54) is 0 Å². The van der Waals surface area contributed by atoms with E-state index >= 15 is 0 Å². The van der Waals surface area contributed by atoms with Gasteiger partial charge in [-0.05, 0) is 26.3 Å². The Morgan fingerprint density at radius 1 is 1.38 bits per heavy atom. The number of amides is 1. The lowest BCUT2D eigenvalue weighted by molar-refractivity contribution is -0.124. The molecule has 1 aromatic rings. The molecule has 1 amide bonds. The van der Waals surface area contributed by atoms with Crippen molar-refractivity contribution in [2.45, 2.75) is 39.3 Å². The summed E-state index contributed by atoms with van der Waals surface area (Å²) in [6.45, 7) is 5.73. The average Bonchev–Trinajstić information content (AvgIpc) is 2.90. The van der Waals surface area contributed by atoms with Crippen molar-refractivity contribution in [3.8, 4) is 17.2 Å². The standard InChI is InChI=1S/C15H21NO5/c1-4-15(2,3)16-14(18)8-19-11-6-13-12(20-9-21-13)5-10(11)7-17/h5-6,17H,4,7-9H2,1-3H3,(H,16,18). The molecule has 0 aromatic heterocycles. The van der Waals surface area contributed by atoms with Gasteiger partial charge in [-0.25, -0.2) is 0 Å². The summed E-state index contributed by atoms with van der Waals surface area (Å²) in [5.41, 5.74) is 0.289. The summed E-state index contributed by atoms with van der Waals surface area (Å²) >= 11 is 0. The van der Waals surface area contributed by atoms with Gasteiger partial charge in [0, 0.05) is 17.2 Å². The van der Waals surface area contributed by atoms with Crippen LogP contribution >= 0.6 is 0 Å². The highest BCUT2D eigenvalue weighted by atomic mass is 16.7. The molecule has 0 atom stereocenters. The minimum Gasteiger partial charge on any atom is -0.483 e. The van der Waals surface area contributed by atoms with Crippen LogP contribution < -0.4 is 19.5 Å². The lowest BCUT2D eigenvalue weighted by Gasteiger charge is -2.24. The molecule has 2 N–H and O–H groups in total. The number of hydrogen-bond acceptors (Lipinski definition) is 5. The maximum absolute atomic E-state index is 11.9. The third-order valence-electron chi connectivity index (χ3n) is 3.45. The molecule has 0 fully saturated rings. The third-order valence-corrected chi connectivity index (χ3v) is 3.45. The Morgan fingerprint density at radius 2 is 2.05 bits per heavy atom. The first-order valence-corrected chi connectivity index (χ1v) is 6.92. The molecule has 0 radical (unpaired) electrons. The maximum Gasteiger partial charge on any atom is 0.258 e. The normalized spacial score (nSPS) is 13.1. The first-order valence-electron chi connectivity index (χ1n) is 6.92. The highest BCUT2D eigenvalue weighted by Crippen LogP contribution is 2.38. The molecular weight excluding hydrogens is 274 g/mol. The minimum atomic E-state index is -0.269. The van der Waals surface area contributed by atoms with Crippen molar-refractivity contribution in [2.75, 3.05) is 13.4 Å². The van der Waals surface area contributed by atoms with Gasteiger partial charge in [0.1, 0.15) is 5.75 Å². The number of aliphatic hydroxyl groups is 1. The van der Waals surface area contributed by atoms with Crippen molar-refractivity contribution in [2.24, 2.45) is 0 Å². The van der Waals surface area contributed by atoms with Gasteiger partial charge in [-0.1, -0.05) is 6.92 Å². The highest BCUT2D eigenvalue weighted by molar-refractivity contribution is 5.78. The second-order valence-electron chi connectivity index (χ2n) is 5.55. The van der Waals surface area contributed by atoms with Gasteiger partial charge in [-0.2, -0.15) is 0 Å². The van der Waals surface area contributed by atoms with Gasteiger partial charge in [-0.15, -0.1) is 0 Å². The van der Waals surface area contributed by atoms with Crippen molar-refractivity contribution >= 4 is 5.91 Å². The molecule has 0 bridgehead atoms. The van der Waals surface area contributed by atoms with Crippen molar-refractivity contribution in [3.05, 3.63) is 17.7 Å². The Hall–Kier alpha value is -1.95. The van der Waals surface area contributed by atoms with Gasteiger partial charge in [0.25, 0.3) is 5.91 Å². The number of aliphatic hydroxyl groups excluding tert-OH is 1. The van der Waals surface area contributed by atoms with E-state index in [9.17, 15) is 9.90 Å². The van der Waals surface area contributed by atoms with Crippen LogP contribution in [0.1, 0.15) is 32.8 Å². The fourth-order valence-corrected chi connectivity index (χ4v) is 1.87. The van der Waals surface area contributed by atoms with Crippen LogP contribution in [0.3, 0.4) is 0 Å². The Bertz CT molecular complexity index is 527. The van der Waals surface area contributed by atoms with Crippen LogP contribution in [-0.4, -0.2) is 30.0 Å². The Labute approximate surface area is 124 Å². The van der Waals surface area contributed by atoms with E-state index in [-0.39, 0.29) is 31.5 Å². The molecule has 6 nitrogen and oxygen atoms in total.